The minimum absolute atomic E-state index is 0.149. The molecule has 9 heteroatoms. The van der Waals surface area contributed by atoms with E-state index in [4.69, 9.17) is 18.7 Å². The van der Waals surface area contributed by atoms with Gasteiger partial charge in [-0.3, -0.25) is 0 Å². The summed E-state index contributed by atoms with van der Waals surface area (Å²) in [5.74, 6) is 2.46. The van der Waals surface area contributed by atoms with Crippen LogP contribution in [0.4, 0.5) is 9.18 Å². The quantitative estimate of drug-likeness (QED) is 0.462. The van der Waals surface area contributed by atoms with E-state index >= 15 is 0 Å². The number of nitrogens with zero attached hydrogens (tertiary/aromatic N) is 2. The van der Waals surface area contributed by atoms with E-state index in [1.165, 1.54) is 18.6 Å². The Morgan fingerprint density at radius 1 is 1.03 bits per heavy atom. The molecule has 1 saturated heterocycles. The van der Waals surface area contributed by atoms with Gasteiger partial charge in [-0.25, -0.2) is 9.18 Å². The van der Waals surface area contributed by atoms with E-state index < -0.39 is 6.09 Å². The van der Waals surface area contributed by atoms with Gasteiger partial charge in [0, 0.05) is 23.4 Å². The number of ether oxygens (including phenoxy) is 3. The highest BCUT2D eigenvalue weighted by Gasteiger charge is 2.27. The van der Waals surface area contributed by atoms with Crippen LogP contribution in [0.1, 0.15) is 56.6 Å². The zero-order valence-corrected chi connectivity index (χ0v) is 20.8. The smallest absolute Gasteiger partial charge is 0.412 e. The van der Waals surface area contributed by atoms with Crippen LogP contribution in [0.2, 0.25) is 0 Å². The number of benzene rings is 2. The van der Waals surface area contributed by atoms with Crippen molar-refractivity contribution in [1.82, 2.24) is 15.4 Å². The molecule has 1 aliphatic carbocycles. The van der Waals surface area contributed by atoms with Crippen molar-refractivity contribution in [2.45, 2.75) is 56.9 Å². The van der Waals surface area contributed by atoms with E-state index in [0.29, 0.717) is 34.7 Å². The molecule has 0 radical (unpaired) electrons. The summed E-state index contributed by atoms with van der Waals surface area (Å²) in [6.45, 7) is 3.33. The number of piperidine rings is 1. The number of halogens is 1. The van der Waals surface area contributed by atoms with Crippen LogP contribution in [-0.4, -0.2) is 48.6 Å². The summed E-state index contributed by atoms with van der Waals surface area (Å²) in [6, 6.07) is 9.89. The number of amides is 1. The minimum atomic E-state index is -0.423. The maximum Gasteiger partial charge on any atom is 0.412 e. The van der Waals surface area contributed by atoms with Gasteiger partial charge in [0.05, 0.1) is 5.69 Å². The second kappa shape index (κ2) is 10.6. The summed E-state index contributed by atoms with van der Waals surface area (Å²) in [5, 5.41) is 8.08. The molecule has 3 heterocycles. The van der Waals surface area contributed by atoms with Crippen LogP contribution in [-0.2, 0) is 0 Å². The van der Waals surface area contributed by atoms with Crippen molar-refractivity contribution in [2.24, 2.45) is 5.92 Å². The number of carbonyl (C=O) groups excluding carboxylic acids is 1. The molecule has 3 aliphatic rings. The van der Waals surface area contributed by atoms with Gasteiger partial charge in [0.15, 0.2) is 17.1 Å². The maximum absolute atomic E-state index is 13.7. The third-order valence-electron chi connectivity index (χ3n) is 8.01. The first-order valence-corrected chi connectivity index (χ1v) is 13.3. The average Bonchev–Trinajstić information content (AvgIpc) is 3.55. The van der Waals surface area contributed by atoms with Gasteiger partial charge in [0.25, 0.3) is 0 Å². The fourth-order valence-electron chi connectivity index (χ4n) is 5.86. The van der Waals surface area contributed by atoms with Gasteiger partial charge in [0.2, 0.25) is 6.79 Å². The third-order valence-corrected chi connectivity index (χ3v) is 8.01. The molecule has 196 valence electrons. The largest absolute Gasteiger partial charge is 0.454 e. The molecule has 8 nitrogen and oxygen atoms in total. The predicted octanol–water partition coefficient (Wildman–Crippen LogP) is 5.61. The Hall–Kier alpha value is -3.33. The molecule has 1 saturated carbocycles. The first-order valence-electron chi connectivity index (χ1n) is 13.3. The van der Waals surface area contributed by atoms with Gasteiger partial charge < -0.3 is 29.0 Å². The molecule has 1 aromatic heterocycles. The summed E-state index contributed by atoms with van der Waals surface area (Å²) < 4.78 is 35.2. The summed E-state index contributed by atoms with van der Waals surface area (Å²) in [7, 11) is 0. The zero-order valence-electron chi connectivity index (χ0n) is 20.8. The molecule has 0 bridgehead atoms. The highest BCUT2D eigenvalue weighted by molar-refractivity contribution is 5.80. The van der Waals surface area contributed by atoms with Gasteiger partial charge in [-0.2, -0.15) is 0 Å². The van der Waals surface area contributed by atoms with Crippen molar-refractivity contribution in [1.29, 1.82) is 0 Å². The number of nitrogens with one attached hydrogen (secondary N) is 1. The van der Waals surface area contributed by atoms with E-state index in [1.54, 1.807) is 24.3 Å². The highest BCUT2D eigenvalue weighted by atomic mass is 19.1. The normalized spacial score (nSPS) is 22.3. The number of aromatic nitrogens is 1. The van der Waals surface area contributed by atoms with Gasteiger partial charge >= 0.3 is 6.09 Å². The topological polar surface area (TPSA) is 86.1 Å². The van der Waals surface area contributed by atoms with E-state index in [0.717, 1.165) is 69.2 Å². The summed E-state index contributed by atoms with van der Waals surface area (Å²) in [6.07, 6.45) is 6.95. The van der Waals surface area contributed by atoms with E-state index in [-0.39, 0.29) is 18.7 Å². The molecule has 2 aromatic carbocycles. The Balaban J connectivity index is 0.903. The van der Waals surface area contributed by atoms with Crippen molar-refractivity contribution in [2.75, 3.05) is 26.4 Å². The maximum atomic E-state index is 13.7. The third kappa shape index (κ3) is 5.51. The van der Waals surface area contributed by atoms with Gasteiger partial charge in [-0.15, -0.1) is 0 Å². The Morgan fingerprint density at radius 3 is 2.68 bits per heavy atom. The van der Waals surface area contributed by atoms with Crippen LogP contribution in [0.15, 0.2) is 40.9 Å². The summed E-state index contributed by atoms with van der Waals surface area (Å²) in [5.41, 5.74) is 1.56. The van der Waals surface area contributed by atoms with E-state index in [1.807, 2.05) is 0 Å². The van der Waals surface area contributed by atoms with Crippen LogP contribution < -0.4 is 19.5 Å². The Bertz CT molecular complexity index is 1250. The predicted molar refractivity (Wildman–Crippen MR) is 134 cm³/mol. The Labute approximate surface area is 215 Å². The van der Waals surface area contributed by atoms with E-state index in [2.05, 4.69) is 15.4 Å². The van der Waals surface area contributed by atoms with Crippen molar-refractivity contribution in [3.05, 3.63) is 47.9 Å². The Kier molecular flexibility index (Phi) is 6.87. The van der Waals surface area contributed by atoms with Gasteiger partial charge in [0.1, 0.15) is 11.6 Å². The fraction of sp³-hybridized carbons (Fsp3) is 0.500. The number of fused-ring (bicyclic) bond motifs is 2. The number of hydrogen-bond donors (Lipinski definition) is 1. The first-order chi connectivity index (χ1) is 18.1. The van der Waals surface area contributed by atoms with Crippen LogP contribution in [0, 0.1) is 11.7 Å². The molecule has 0 atom stereocenters. The molecule has 2 aliphatic heterocycles. The van der Waals surface area contributed by atoms with E-state index in [9.17, 15) is 9.18 Å². The van der Waals surface area contributed by atoms with Crippen molar-refractivity contribution in [3.63, 3.8) is 0 Å². The van der Waals surface area contributed by atoms with Crippen LogP contribution in [0.5, 0.6) is 17.2 Å². The lowest BCUT2D eigenvalue weighted by Crippen LogP contribution is -2.40. The monoisotopic (exact) mass is 509 g/mol. The molecule has 1 amide bonds. The average molecular weight is 510 g/mol. The minimum Gasteiger partial charge on any atom is -0.454 e. The van der Waals surface area contributed by atoms with Crippen LogP contribution >= 0.6 is 0 Å². The molecule has 3 aromatic rings. The molecular formula is C28H32FN3O5. The molecule has 1 N–H and O–H groups in total. The Morgan fingerprint density at radius 2 is 1.84 bits per heavy atom. The standard InChI is InChI=1S/C28H32FN3O5/c29-20-3-7-24-23(15-20)27(31-37-24)19-10-13-32(14-11-19)12-9-18-1-4-21(5-2-18)30-28(33)36-22-6-8-25-26(16-22)35-17-34-25/h3,6-8,15-16,18-19,21H,1-2,4-5,9-14,17H2,(H,30,33)/t18-,21-. The molecule has 2 fully saturated rings. The van der Waals surface area contributed by atoms with Crippen molar-refractivity contribution < 1.29 is 27.9 Å². The number of rotatable bonds is 6. The number of hydrogen-bond acceptors (Lipinski definition) is 7. The highest BCUT2D eigenvalue weighted by Crippen LogP contribution is 2.36. The first kappa shape index (κ1) is 24.0. The lowest BCUT2D eigenvalue weighted by Gasteiger charge is -2.34. The van der Waals surface area contributed by atoms with Crippen molar-refractivity contribution in [3.8, 4) is 17.2 Å². The number of likely N-dealkylation sites (tertiary alicyclic amines) is 1. The van der Waals surface area contributed by atoms with Crippen LogP contribution in [0.25, 0.3) is 11.0 Å². The molecule has 37 heavy (non-hydrogen) atoms. The van der Waals surface area contributed by atoms with Crippen molar-refractivity contribution >= 4 is 17.1 Å². The fourth-order valence-corrected chi connectivity index (χ4v) is 5.86. The molecule has 0 spiro atoms. The zero-order chi connectivity index (χ0) is 25.2. The molecule has 0 unspecified atom stereocenters. The second-order valence-electron chi connectivity index (χ2n) is 10.4. The van der Waals surface area contributed by atoms with Gasteiger partial charge in [-0.05, 0) is 101 Å². The molecule has 6 rings (SSSR count). The second-order valence-corrected chi connectivity index (χ2v) is 10.4. The SMILES string of the molecule is O=C(N[C@H]1CC[C@H](CCN2CCC(c3noc4ccc(F)cc34)CC2)CC1)Oc1ccc2c(c1)OCO2. The van der Waals surface area contributed by atoms with Gasteiger partial charge in [-0.1, -0.05) is 5.16 Å². The number of carbonyl (C=O) groups is 1. The lowest BCUT2D eigenvalue weighted by atomic mass is 9.84. The lowest BCUT2D eigenvalue weighted by molar-refractivity contribution is 0.172. The summed E-state index contributed by atoms with van der Waals surface area (Å²) in [4.78, 5) is 14.9. The summed E-state index contributed by atoms with van der Waals surface area (Å²) >= 11 is 0. The molecular weight excluding hydrogens is 477 g/mol. The van der Waals surface area contributed by atoms with Crippen LogP contribution in [0.3, 0.4) is 0 Å².